The Balaban J connectivity index is 1.29. The van der Waals surface area contributed by atoms with Crippen LogP contribution in [0.15, 0.2) is 152 Å². The number of hydrogen-bond acceptors (Lipinski definition) is 4. The minimum atomic E-state index is 0.0565. The van der Waals surface area contributed by atoms with E-state index in [0.29, 0.717) is 11.8 Å². The molecular weight excluding hydrogens is 585 g/mol. The monoisotopic (exact) mass is 619 g/mol. The van der Waals surface area contributed by atoms with Gasteiger partial charge in [0.2, 0.25) is 18.5 Å². The fraction of sp³-hybridized carbons (Fsp3) is 0.0698. The molecule has 3 heterocycles. The maximum absolute atomic E-state index is 6.31. The first-order valence-electron chi connectivity index (χ1n) is 16.4. The van der Waals surface area contributed by atoms with Gasteiger partial charge < -0.3 is 9.64 Å². The van der Waals surface area contributed by atoms with Crippen molar-refractivity contribution in [2.75, 3.05) is 4.90 Å². The average molecular weight is 620 g/mol. The number of para-hydroxylation sites is 3. The van der Waals surface area contributed by atoms with Crippen LogP contribution in [0.1, 0.15) is 16.7 Å². The lowest BCUT2D eigenvalue weighted by Crippen LogP contribution is -2.58. The number of aryl methyl sites for hydroxylation is 3. The molecule has 0 aliphatic carbocycles. The van der Waals surface area contributed by atoms with Crippen LogP contribution in [0.25, 0.3) is 22.5 Å². The van der Waals surface area contributed by atoms with Gasteiger partial charge in [-0.2, -0.15) is 0 Å². The van der Waals surface area contributed by atoms with Crippen LogP contribution in [0.2, 0.25) is 0 Å². The van der Waals surface area contributed by atoms with Crippen molar-refractivity contribution in [2.45, 2.75) is 20.8 Å². The van der Waals surface area contributed by atoms with E-state index in [4.69, 9.17) is 14.7 Å². The number of anilines is 3. The van der Waals surface area contributed by atoms with Crippen LogP contribution in [0.4, 0.5) is 17.1 Å². The zero-order valence-electron chi connectivity index (χ0n) is 27.3. The first-order valence-corrected chi connectivity index (χ1v) is 16.4. The highest BCUT2D eigenvalue weighted by molar-refractivity contribution is 6.98. The summed E-state index contributed by atoms with van der Waals surface area (Å²) in [6, 6.07) is 52.6. The van der Waals surface area contributed by atoms with Gasteiger partial charge >= 0.3 is 0 Å². The van der Waals surface area contributed by atoms with Crippen molar-refractivity contribution in [1.29, 1.82) is 0 Å². The first kappa shape index (κ1) is 29.5. The Morgan fingerprint density at radius 2 is 1.12 bits per heavy atom. The molecule has 0 radical (unpaired) electrons. The van der Waals surface area contributed by atoms with Crippen LogP contribution >= 0.6 is 0 Å². The summed E-state index contributed by atoms with van der Waals surface area (Å²) >= 11 is 0. The molecule has 0 atom stereocenters. The van der Waals surface area contributed by atoms with Gasteiger partial charge in [0, 0.05) is 34.6 Å². The van der Waals surface area contributed by atoms with Gasteiger partial charge in [0.25, 0.3) is 0 Å². The van der Waals surface area contributed by atoms with Crippen LogP contribution in [0.5, 0.6) is 11.8 Å². The van der Waals surface area contributed by atoms with Crippen molar-refractivity contribution in [1.82, 2.24) is 9.97 Å². The van der Waals surface area contributed by atoms with E-state index in [0.717, 1.165) is 33.9 Å². The SMILES string of the molecule is Cc1cc(C)c(B2c3ccccc3N(c3ccccc3)c3c2cccc3-c2cccc(Oc3cccc(-c4ccccc4)n3)n2)c(C)c1. The highest BCUT2D eigenvalue weighted by Gasteiger charge is 2.38. The summed E-state index contributed by atoms with van der Waals surface area (Å²) in [7, 11) is 0. The van der Waals surface area contributed by atoms with Gasteiger partial charge in [-0.15, -0.1) is 0 Å². The third-order valence-electron chi connectivity index (χ3n) is 9.13. The summed E-state index contributed by atoms with van der Waals surface area (Å²) < 4.78 is 6.31. The number of fused-ring (bicyclic) bond motifs is 2. The van der Waals surface area contributed by atoms with Crippen LogP contribution in [-0.2, 0) is 0 Å². The zero-order valence-corrected chi connectivity index (χ0v) is 27.3. The highest BCUT2D eigenvalue weighted by atomic mass is 16.5. The Hall–Kier alpha value is -5.94. The van der Waals surface area contributed by atoms with Crippen LogP contribution < -0.4 is 26.0 Å². The molecule has 1 aliphatic heterocycles. The van der Waals surface area contributed by atoms with Gasteiger partial charge in [-0.05, 0) is 62.0 Å². The summed E-state index contributed by atoms with van der Waals surface area (Å²) in [6.45, 7) is 6.72. The Bertz CT molecular complexity index is 2250. The molecule has 0 saturated carbocycles. The second-order valence-electron chi connectivity index (χ2n) is 12.4. The van der Waals surface area contributed by atoms with Crippen LogP contribution in [0.3, 0.4) is 0 Å². The van der Waals surface area contributed by atoms with Crippen molar-refractivity contribution in [3.8, 4) is 34.3 Å². The molecule has 0 saturated heterocycles. The number of benzene rings is 5. The van der Waals surface area contributed by atoms with E-state index < -0.39 is 0 Å². The maximum atomic E-state index is 6.31. The third-order valence-corrected chi connectivity index (χ3v) is 9.13. The lowest BCUT2D eigenvalue weighted by Gasteiger charge is -2.39. The summed E-state index contributed by atoms with van der Waals surface area (Å²) in [5, 5.41) is 0. The van der Waals surface area contributed by atoms with Crippen molar-refractivity contribution < 1.29 is 4.74 Å². The Morgan fingerprint density at radius 1 is 0.542 bits per heavy atom. The zero-order chi connectivity index (χ0) is 32.6. The molecule has 0 bridgehead atoms. The third kappa shape index (κ3) is 5.33. The van der Waals surface area contributed by atoms with E-state index in [1.54, 1.807) is 0 Å². The molecule has 48 heavy (non-hydrogen) atoms. The molecule has 0 N–H and O–H groups in total. The van der Waals surface area contributed by atoms with Crippen LogP contribution in [-0.4, -0.2) is 16.7 Å². The average Bonchev–Trinajstić information content (AvgIpc) is 3.12. The van der Waals surface area contributed by atoms with Crippen molar-refractivity contribution >= 4 is 40.2 Å². The molecule has 0 amide bonds. The summed E-state index contributed by atoms with van der Waals surface area (Å²) in [4.78, 5) is 12.3. The molecule has 8 rings (SSSR count). The number of rotatable bonds is 6. The van der Waals surface area contributed by atoms with Crippen molar-refractivity contribution in [2.24, 2.45) is 0 Å². The van der Waals surface area contributed by atoms with E-state index in [2.05, 4.69) is 117 Å². The molecule has 1 aliphatic rings. The molecule has 5 heteroatoms. The predicted octanol–water partition coefficient (Wildman–Crippen LogP) is 8.83. The van der Waals surface area contributed by atoms with E-state index in [9.17, 15) is 0 Å². The van der Waals surface area contributed by atoms with Gasteiger partial charge in [0.05, 0.1) is 17.1 Å². The van der Waals surface area contributed by atoms with E-state index in [1.807, 2.05) is 60.7 Å². The Kier molecular flexibility index (Phi) is 7.58. The number of ether oxygens (including phenoxy) is 1. The molecule has 2 aromatic heterocycles. The highest BCUT2D eigenvalue weighted by Crippen LogP contribution is 2.41. The molecule has 230 valence electrons. The standard InChI is InChI=1S/C43H34BN3O/c1-29-27-30(2)42(31(3)28-29)44-35-20-10-11-24-39(35)47(33-17-8-5-9-18-33)43-34(19-12-21-36(43)44)38-23-14-26-41(46-38)48-40-25-13-22-37(45-40)32-15-6-4-7-16-32/h4-28H,1-3H3. The minimum absolute atomic E-state index is 0.0565. The molecule has 4 nitrogen and oxygen atoms in total. The van der Waals surface area contributed by atoms with Gasteiger partial charge in [-0.3, -0.25) is 0 Å². The van der Waals surface area contributed by atoms with Gasteiger partial charge in [-0.25, -0.2) is 9.97 Å². The molecule has 0 unspecified atom stereocenters. The smallest absolute Gasteiger partial charge is 0.247 e. The number of pyridine rings is 2. The van der Waals surface area contributed by atoms with Crippen molar-refractivity contribution in [3.05, 3.63) is 168 Å². The molecule has 7 aromatic rings. The Morgan fingerprint density at radius 3 is 1.85 bits per heavy atom. The number of hydrogen-bond donors (Lipinski definition) is 0. The van der Waals surface area contributed by atoms with E-state index in [1.165, 1.54) is 38.8 Å². The molecule has 0 spiro atoms. The normalized spacial score (nSPS) is 12.0. The second kappa shape index (κ2) is 12.3. The van der Waals surface area contributed by atoms with E-state index >= 15 is 0 Å². The van der Waals surface area contributed by atoms with Crippen molar-refractivity contribution in [3.63, 3.8) is 0 Å². The first-order chi connectivity index (χ1) is 23.5. The minimum Gasteiger partial charge on any atom is -0.421 e. The predicted molar refractivity (Wildman–Crippen MR) is 199 cm³/mol. The molecular formula is C43H34BN3O. The van der Waals surface area contributed by atoms with Gasteiger partial charge in [0.1, 0.15) is 0 Å². The fourth-order valence-corrected chi connectivity index (χ4v) is 7.25. The molecule has 0 fully saturated rings. The van der Waals surface area contributed by atoms with Gasteiger partial charge in [0.15, 0.2) is 0 Å². The van der Waals surface area contributed by atoms with E-state index in [-0.39, 0.29) is 6.71 Å². The lowest BCUT2D eigenvalue weighted by molar-refractivity contribution is 0.446. The maximum Gasteiger partial charge on any atom is 0.247 e. The lowest BCUT2D eigenvalue weighted by atomic mass is 9.33. The summed E-state index contributed by atoms with van der Waals surface area (Å²) in [5.74, 6) is 0.994. The molecule has 5 aromatic carbocycles. The second-order valence-corrected chi connectivity index (χ2v) is 12.4. The largest absolute Gasteiger partial charge is 0.421 e. The quantitative estimate of drug-likeness (QED) is 0.174. The number of nitrogens with zero attached hydrogens (tertiary/aromatic N) is 3. The topological polar surface area (TPSA) is 38.2 Å². The number of aromatic nitrogens is 2. The summed E-state index contributed by atoms with van der Waals surface area (Å²) in [6.07, 6.45) is 0. The van der Waals surface area contributed by atoms with Gasteiger partial charge in [-0.1, -0.05) is 131 Å². The Labute approximate surface area is 282 Å². The van der Waals surface area contributed by atoms with Crippen LogP contribution in [0, 0.1) is 20.8 Å². The fourth-order valence-electron chi connectivity index (χ4n) is 7.25. The summed E-state index contributed by atoms with van der Waals surface area (Å²) in [5.41, 5.74) is 14.9.